The molecule has 2 heterocycles. The molecule has 0 aliphatic carbocycles. The number of hydrogen-bond donors (Lipinski definition) is 0. The minimum Gasteiger partial charge on any atom is -0.372 e. The van der Waals surface area contributed by atoms with Crippen LogP contribution in [0.5, 0.6) is 0 Å². The van der Waals surface area contributed by atoms with E-state index in [1.54, 1.807) is 4.90 Å². The topological polar surface area (TPSA) is 49.9 Å². The van der Waals surface area contributed by atoms with Crippen molar-refractivity contribution in [3.63, 3.8) is 0 Å². The first-order valence-corrected chi connectivity index (χ1v) is 8.25. The lowest BCUT2D eigenvalue weighted by Crippen LogP contribution is -2.50. The highest BCUT2D eigenvalue weighted by atomic mass is 16.5. The molecular weight excluding hydrogens is 292 g/mol. The quantitative estimate of drug-likeness (QED) is 0.838. The van der Waals surface area contributed by atoms with Crippen LogP contribution in [0.2, 0.25) is 0 Å². The first-order chi connectivity index (χ1) is 10.9. The summed E-state index contributed by atoms with van der Waals surface area (Å²) in [6, 6.07) is 7.87. The second kappa shape index (κ2) is 6.32. The number of benzene rings is 1. The van der Waals surface area contributed by atoms with Crippen molar-refractivity contribution in [3.8, 4) is 0 Å². The van der Waals surface area contributed by atoms with Gasteiger partial charge in [0.2, 0.25) is 11.8 Å². The molecule has 5 nitrogen and oxygen atoms in total. The molecule has 0 bridgehead atoms. The van der Waals surface area contributed by atoms with E-state index in [0.29, 0.717) is 26.1 Å². The lowest BCUT2D eigenvalue weighted by Gasteiger charge is -2.36. The maximum absolute atomic E-state index is 12.8. The monoisotopic (exact) mass is 316 g/mol. The van der Waals surface area contributed by atoms with Crippen LogP contribution in [0.1, 0.15) is 25.8 Å². The molecule has 2 aliphatic heterocycles. The molecule has 0 saturated carbocycles. The number of carbonyl (C=O) groups is 2. The van der Waals surface area contributed by atoms with Crippen molar-refractivity contribution < 1.29 is 14.3 Å². The molecule has 3 rings (SSSR count). The molecule has 0 unspecified atom stereocenters. The van der Waals surface area contributed by atoms with Crippen LogP contribution < -0.4 is 4.90 Å². The van der Waals surface area contributed by atoms with Crippen LogP contribution in [0, 0.1) is 12.8 Å². The molecule has 0 aromatic heterocycles. The smallest absolute Gasteiger partial charge is 0.228 e. The van der Waals surface area contributed by atoms with E-state index in [1.165, 1.54) is 0 Å². The number of nitrogens with zero attached hydrogens (tertiary/aromatic N) is 2. The molecule has 2 fully saturated rings. The Morgan fingerprint density at radius 3 is 2.30 bits per heavy atom. The third-order valence-corrected chi connectivity index (χ3v) is 4.55. The number of anilines is 1. The highest BCUT2D eigenvalue weighted by molar-refractivity contribution is 6.00. The van der Waals surface area contributed by atoms with Gasteiger partial charge < -0.3 is 14.5 Å². The van der Waals surface area contributed by atoms with Gasteiger partial charge in [0, 0.05) is 31.7 Å². The summed E-state index contributed by atoms with van der Waals surface area (Å²) in [6.45, 7) is 7.67. The van der Waals surface area contributed by atoms with E-state index in [2.05, 4.69) is 0 Å². The van der Waals surface area contributed by atoms with Crippen LogP contribution >= 0.6 is 0 Å². The molecule has 2 saturated heterocycles. The summed E-state index contributed by atoms with van der Waals surface area (Å²) >= 11 is 0. The van der Waals surface area contributed by atoms with Crippen LogP contribution in [-0.2, 0) is 14.3 Å². The second-order valence-corrected chi connectivity index (χ2v) is 6.74. The van der Waals surface area contributed by atoms with Crippen LogP contribution in [-0.4, -0.2) is 48.6 Å². The maximum Gasteiger partial charge on any atom is 0.228 e. The van der Waals surface area contributed by atoms with Crippen LogP contribution in [0.4, 0.5) is 5.69 Å². The molecule has 2 aliphatic rings. The molecule has 23 heavy (non-hydrogen) atoms. The Balaban J connectivity index is 1.69. The Hall–Kier alpha value is -1.88. The van der Waals surface area contributed by atoms with Crippen molar-refractivity contribution in [3.05, 3.63) is 29.8 Å². The van der Waals surface area contributed by atoms with Gasteiger partial charge in [0.25, 0.3) is 0 Å². The van der Waals surface area contributed by atoms with Crippen LogP contribution in [0.15, 0.2) is 24.3 Å². The van der Waals surface area contributed by atoms with Crippen LogP contribution in [0.25, 0.3) is 0 Å². The van der Waals surface area contributed by atoms with Gasteiger partial charge in [-0.05, 0) is 32.9 Å². The summed E-state index contributed by atoms with van der Waals surface area (Å²) in [5.74, 6) is -0.141. The molecule has 0 spiro atoms. The van der Waals surface area contributed by atoms with E-state index in [9.17, 15) is 9.59 Å². The van der Waals surface area contributed by atoms with Gasteiger partial charge in [-0.15, -0.1) is 0 Å². The predicted molar refractivity (Wildman–Crippen MR) is 88.2 cm³/mol. The summed E-state index contributed by atoms with van der Waals surface area (Å²) in [5, 5.41) is 0. The second-order valence-electron chi connectivity index (χ2n) is 6.74. The third kappa shape index (κ3) is 3.39. The molecule has 1 aromatic rings. The van der Waals surface area contributed by atoms with Gasteiger partial charge in [0.1, 0.15) is 0 Å². The van der Waals surface area contributed by atoms with E-state index in [0.717, 1.165) is 11.3 Å². The van der Waals surface area contributed by atoms with Crippen LogP contribution in [0.3, 0.4) is 0 Å². The zero-order valence-corrected chi connectivity index (χ0v) is 14.0. The van der Waals surface area contributed by atoms with E-state index in [1.807, 2.05) is 49.9 Å². The van der Waals surface area contributed by atoms with Crippen molar-refractivity contribution >= 4 is 17.5 Å². The number of morpholine rings is 1. The fourth-order valence-corrected chi connectivity index (χ4v) is 3.46. The minimum absolute atomic E-state index is 0.0292. The largest absolute Gasteiger partial charge is 0.372 e. The van der Waals surface area contributed by atoms with Gasteiger partial charge in [0.05, 0.1) is 18.1 Å². The molecule has 5 heteroatoms. The number of carbonyl (C=O) groups excluding carboxylic acids is 2. The molecule has 3 atom stereocenters. The van der Waals surface area contributed by atoms with Crippen molar-refractivity contribution in [1.82, 2.24) is 4.90 Å². The highest BCUT2D eigenvalue weighted by Gasteiger charge is 2.38. The minimum atomic E-state index is -0.249. The first kappa shape index (κ1) is 16.0. The highest BCUT2D eigenvalue weighted by Crippen LogP contribution is 2.27. The summed E-state index contributed by atoms with van der Waals surface area (Å²) in [7, 11) is 0. The number of amides is 2. The van der Waals surface area contributed by atoms with E-state index < -0.39 is 0 Å². The van der Waals surface area contributed by atoms with Gasteiger partial charge in [-0.3, -0.25) is 9.59 Å². The van der Waals surface area contributed by atoms with E-state index in [-0.39, 0.29) is 29.9 Å². The summed E-state index contributed by atoms with van der Waals surface area (Å²) in [5.41, 5.74) is 2.03. The maximum atomic E-state index is 12.8. The zero-order valence-electron chi connectivity index (χ0n) is 14.0. The Morgan fingerprint density at radius 2 is 1.70 bits per heavy atom. The van der Waals surface area contributed by atoms with Crippen molar-refractivity contribution in [2.24, 2.45) is 5.92 Å². The van der Waals surface area contributed by atoms with Gasteiger partial charge in [-0.2, -0.15) is 0 Å². The van der Waals surface area contributed by atoms with Crippen molar-refractivity contribution in [1.29, 1.82) is 0 Å². The number of hydrogen-bond acceptors (Lipinski definition) is 3. The summed E-state index contributed by atoms with van der Waals surface area (Å²) in [4.78, 5) is 28.7. The lowest BCUT2D eigenvalue weighted by molar-refractivity contribution is -0.147. The fourth-order valence-electron chi connectivity index (χ4n) is 3.46. The van der Waals surface area contributed by atoms with Crippen molar-refractivity contribution in [2.75, 3.05) is 24.5 Å². The molecule has 0 N–H and O–H groups in total. The summed E-state index contributed by atoms with van der Waals surface area (Å²) < 4.78 is 5.68. The average Bonchev–Trinajstić information content (AvgIpc) is 2.88. The number of rotatable bonds is 2. The Morgan fingerprint density at radius 1 is 1.09 bits per heavy atom. The Labute approximate surface area is 137 Å². The Bertz CT molecular complexity index is 589. The molecule has 2 amide bonds. The van der Waals surface area contributed by atoms with Gasteiger partial charge in [-0.1, -0.05) is 17.7 Å². The van der Waals surface area contributed by atoms with Gasteiger partial charge >= 0.3 is 0 Å². The zero-order chi connectivity index (χ0) is 16.6. The molecule has 124 valence electrons. The Kier molecular flexibility index (Phi) is 4.39. The van der Waals surface area contributed by atoms with E-state index >= 15 is 0 Å². The lowest BCUT2D eigenvalue weighted by atomic mass is 10.1. The SMILES string of the molecule is Cc1ccc(N2C[C@@H](C(=O)N3C[C@H](C)O[C@@H](C)C3)CC2=O)cc1. The molecular formula is C18H24N2O3. The summed E-state index contributed by atoms with van der Waals surface area (Å²) in [6.07, 6.45) is 0.397. The van der Waals surface area contributed by atoms with E-state index in [4.69, 9.17) is 4.74 Å². The molecule has 0 radical (unpaired) electrons. The standard InChI is InChI=1S/C18H24N2O3/c1-12-4-6-16(7-5-12)20-11-15(8-17(20)21)18(22)19-9-13(2)23-14(3)10-19/h4-7,13-15H,8-11H2,1-3H3/t13-,14-,15-/m0/s1. The fraction of sp³-hybridized carbons (Fsp3) is 0.556. The third-order valence-electron chi connectivity index (χ3n) is 4.55. The first-order valence-electron chi connectivity index (χ1n) is 8.25. The van der Waals surface area contributed by atoms with Crippen molar-refractivity contribution in [2.45, 2.75) is 39.4 Å². The predicted octanol–water partition coefficient (Wildman–Crippen LogP) is 1.98. The van der Waals surface area contributed by atoms with Gasteiger partial charge in [0.15, 0.2) is 0 Å². The normalized spacial score (nSPS) is 28.3. The molecule has 1 aromatic carbocycles. The number of aryl methyl sites for hydroxylation is 1. The number of ether oxygens (including phenoxy) is 1. The van der Waals surface area contributed by atoms with Gasteiger partial charge in [-0.25, -0.2) is 0 Å². The average molecular weight is 316 g/mol.